The fourth-order valence-corrected chi connectivity index (χ4v) is 3.68. The predicted molar refractivity (Wildman–Crippen MR) is 129 cm³/mol. The monoisotopic (exact) mass is 446 g/mol. The molecule has 0 bridgehead atoms. The molecule has 2 amide bonds. The van der Waals surface area contributed by atoms with Crippen LogP contribution in [0.25, 0.3) is 0 Å². The molecule has 3 aromatic rings. The van der Waals surface area contributed by atoms with Crippen molar-refractivity contribution in [2.75, 3.05) is 0 Å². The maximum atomic E-state index is 14.6. The summed E-state index contributed by atoms with van der Waals surface area (Å²) in [5.41, 5.74) is 2.17. The minimum Gasteiger partial charge on any atom is -0.352 e. The predicted octanol–water partition coefficient (Wildman–Crippen LogP) is 4.92. The topological polar surface area (TPSA) is 49.4 Å². The Morgan fingerprint density at radius 3 is 2.06 bits per heavy atom. The van der Waals surface area contributed by atoms with Crippen LogP contribution in [-0.4, -0.2) is 28.8 Å². The number of hydrogen-bond donors (Lipinski definition) is 1. The van der Waals surface area contributed by atoms with Crippen molar-refractivity contribution in [1.29, 1.82) is 0 Å². The van der Waals surface area contributed by atoms with Gasteiger partial charge in [0.2, 0.25) is 11.8 Å². The summed E-state index contributed by atoms with van der Waals surface area (Å²) in [6, 6.07) is 24.6. The van der Waals surface area contributed by atoms with Crippen molar-refractivity contribution < 1.29 is 14.0 Å². The zero-order valence-electron chi connectivity index (χ0n) is 19.2. The molecule has 0 saturated heterocycles. The van der Waals surface area contributed by atoms with E-state index in [9.17, 15) is 14.0 Å². The summed E-state index contributed by atoms with van der Waals surface area (Å²) in [5.74, 6) is -0.841. The van der Waals surface area contributed by atoms with Gasteiger partial charge in [0, 0.05) is 24.6 Å². The minimum absolute atomic E-state index is 0.0176. The molecule has 3 aromatic carbocycles. The van der Waals surface area contributed by atoms with Crippen molar-refractivity contribution in [3.63, 3.8) is 0 Å². The second kappa shape index (κ2) is 12.0. The molecule has 4 nitrogen and oxygen atoms in total. The number of carbonyl (C=O) groups is 2. The Balaban J connectivity index is 1.97. The highest BCUT2D eigenvalue weighted by atomic mass is 19.1. The third kappa shape index (κ3) is 7.01. The first kappa shape index (κ1) is 24.2. The second-order valence-corrected chi connectivity index (χ2v) is 8.30. The van der Waals surface area contributed by atoms with Gasteiger partial charge in [0.1, 0.15) is 11.9 Å². The molecule has 0 saturated carbocycles. The standard InChI is InChI=1S/C28H31FN2O2/c1-3-21(2)30-28(33)26(18-22-12-6-4-7-13-22)31(20-24-16-10-11-17-25(24)29)27(32)19-23-14-8-5-9-15-23/h4-17,21,26H,3,18-20H2,1-2H3,(H,30,33). The smallest absolute Gasteiger partial charge is 0.243 e. The highest BCUT2D eigenvalue weighted by Crippen LogP contribution is 2.18. The van der Waals surface area contributed by atoms with Gasteiger partial charge in [-0.05, 0) is 30.5 Å². The Morgan fingerprint density at radius 1 is 0.879 bits per heavy atom. The van der Waals surface area contributed by atoms with Crippen LogP contribution in [0.3, 0.4) is 0 Å². The van der Waals surface area contributed by atoms with Crippen LogP contribution in [0, 0.1) is 5.82 Å². The highest BCUT2D eigenvalue weighted by Gasteiger charge is 2.31. The summed E-state index contributed by atoms with van der Waals surface area (Å²) in [6.45, 7) is 3.95. The maximum absolute atomic E-state index is 14.6. The summed E-state index contributed by atoms with van der Waals surface area (Å²) in [7, 11) is 0. The molecule has 0 heterocycles. The van der Waals surface area contributed by atoms with Gasteiger partial charge in [-0.15, -0.1) is 0 Å². The van der Waals surface area contributed by atoms with Crippen LogP contribution in [0.2, 0.25) is 0 Å². The Labute approximate surface area is 195 Å². The molecular formula is C28H31FN2O2. The SMILES string of the molecule is CCC(C)NC(=O)C(Cc1ccccc1)N(Cc1ccccc1F)C(=O)Cc1ccccc1. The van der Waals surface area contributed by atoms with E-state index in [-0.39, 0.29) is 30.8 Å². The lowest BCUT2D eigenvalue weighted by atomic mass is 10.0. The first-order valence-corrected chi connectivity index (χ1v) is 11.4. The Kier molecular flexibility index (Phi) is 8.76. The van der Waals surface area contributed by atoms with Gasteiger partial charge in [0.15, 0.2) is 0 Å². The molecule has 0 aliphatic carbocycles. The molecule has 0 fully saturated rings. The summed E-state index contributed by atoms with van der Waals surface area (Å²) >= 11 is 0. The maximum Gasteiger partial charge on any atom is 0.243 e. The fourth-order valence-electron chi connectivity index (χ4n) is 3.68. The molecule has 3 rings (SSSR count). The molecule has 0 radical (unpaired) electrons. The van der Waals surface area contributed by atoms with Crippen LogP contribution in [0.1, 0.15) is 37.0 Å². The van der Waals surface area contributed by atoms with Crippen molar-refractivity contribution in [3.05, 3.63) is 107 Å². The van der Waals surface area contributed by atoms with E-state index < -0.39 is 11.9 Å². The average molecular weight is 447 g/mol. The third-order valence-electron chi connectivity index (χ3n) is 5.77. The van der Waals surface area contributed by atoms with Gasteiger partial charge in [-0.2, -0.15) is 0 Å². The van der Waals surface area contributed by atoms with Gasteiger partial charge in [-0.1, -0.05) is 85.8 Å². The molecule has 0 aromatic heterocycles. The largest absolute Gasteiger partial charge is 0.352 e. The summed E-state index contributed by atoms with van der Waals surface area (Å²) in [6.07, 6.45) is 1.25. The molecule has 2 atom stereocenters. The lowest BCUT2D eigenvalue weighted by molar-refractivity contribution is -0.141. The van der Waals surface area contributed by atoms with E-state index in [1.807, 2.05) is 74.5 Å². The molecular weight excluding hydrogens is 415 g/mol. The molecule has 0 aliphatic heterocycles. The van der Waals surface area contributed by atoms with Gasteiger partial charge >= 0.3 is 0 Å². The minimum atomic E-state index is -0.766. The number of nitrogens with one attached hydrogen (secondary N) is 1. The number of halogens is 1. The fraction of sp³-hybridized carbons (Fsp3) is 0.286. The van der Waals surface area contributed by atoms with Gasteiger partial charge in [0.25, 0.3) is 0 Å². The number of benzene rings is 3. The molecule has 5 heteroatoms. The van der Waals surface area contributed by atoms with Crippen LogP contribution in [0.5, 0.6) is 0 Å². The van der Waals surface area contributed by atoms with E-state index in [1.54, 1.807) is 18.2 Å². The van der Waals surface area contributed by atoms with Gasteiger partial charge < -0.3 is 10.2 Å². The molecule has 33 heavy (non-hydrogen) atoms. The van der Waals surface area contributed by atoms with Crippen LogP contribution < -0.4 is 5.32 Å². The quantitative estimate of drug-likeness (QED) is 0.480. The zero-order valence-corrected chi connectivity index (χ0v) is 19.2. The number of amides is 2. The van der Waals surface area contributed by atoms with E-state index in [4.69, 9.17) is 0 Å². The van der Waals surface area contributed by atoms with Gasteiger partial charge in [0.05, 0.1) is 6.42 Å². The van der Waals surface area contributed by atoms with Gasteiger partial charge in [-0.3, -0.25) is 9.59 Å². The van der Waals surface area contributed by atoms with Crippen LogP contribution >= 0.6 is 0 Å². The normalized spacial score (nSPS) is 12.6. The number of rotatable bonds is 10. The number of hydrogen-bond acceptors (Lipinski definition) is 2. The number of carbonyl (C=O) groups excluding carboxylic acids is 2. The zero-order chi connectivity index (χ0) is 23.6. The van der Waals surface area contributed by atoms with Crippen LogP contribution in [-0.2, 0) is 29.0 Å². The summed E-state index contributed by atoms with van der Waals surface area (Å²) in [4.78, 5) is 28.5. The van der Waals surface area contributed by atoms with Crippen molar-refractivity contribution in [2.24, 2.45) is 0 Å². The average Bonchev–Trinajstić information content (AvgIpc) is 2.83. The highest BCUT2D eigenvalue weighted by molar-refractivity contribution is 5.89. The van der Waals surface area contributed by atoms with E-state index >= 15 is 0 Å². The third-order valence-corrected chi connectivity index (χ3v) is 5.77. The van der Waals surface area contributed by atoms with Crippen molar-refractivity contribution >= 4 is 11.8 Å². The van der Waals surface area contributed by atoms with Crippen LogP contribution in [0.15, 0.2) is 84.9 Å². The molecule has 2 unspecified atom stereocenters. The second-order valence-electron chi connectivity index (χ2n) is 8.30. The Bertz CT molecular complexity index is 1040. The summed E-state index contributed by atoms with van der Waals surface area (Å²) < 4.78 is 14.6. The Morgan fingerprint density at radius 2 is 1.45 bits per heavy atom. The van der Waals surface area contributed by atoms with Crippen LogP contribution in [0.4, 0.5) is 4.39 Å². The molecule has 0 aliphatic rings. The number of nitrogens with zero attached hydrogens (tertiary/aromatic N) is 1. The lowest BCUT2D eigenvalue weighted by Crippen LogP contribution is -2.52. The van der Waals surface area contributed by atoms with E-state index in [0.29, 0.717) is 12.0 Å². The molecule has 172 valence electrons. The van der Waals surface area contributed by atoms with E-state index in [0.717, 1.165) is 17.5 Å². The lowest BCUT2D eigenvalue weighted by Gasteiger charge is -2.32. The Hall–Kier alpha value is -3.47. The van der Waals surface area contributed by atoms with Crippen molar-refractivity contribution in [1.82, 2.24) is 10.2 Å². The van der Waals surface area contributed by atoms with Crippen molar-refractivity contribution in [2.45, 2.75) is 51.7 Å². The first-order valence-electron chi connectivity index (χ1n) is 11.4. The van der Waals surface area contributed by atoms with E-state index in [1.165, 1.54) is 11.0 Å². The summed E-state index contributed by atoms with van der Waals surface area (Å²) in [5, 5.41) is 3.02. The molecule has 1 N–H and O–H groups in total. The van der Waals surface area contributed by atoms with Gasteiger partial charge in [-0.25, -0.2) is 4.39 Å². The first-order chi connectivity index (χ1) is 16.0. The van der Waals surface area contributed by atoms with Crippen molar-refractivity contribution in [3.8, 4) is 0 Å². The van der Waals surface area contributed by atoms with E-state index in [2.05, 4.69) is 5.32 Å². The molecule has 0 spiro atoms.